The van der Waals surface area contributed by atoms with Crippen LogP contribution in [-0.2, 0) is 0 Å². The van der Waals surface area contributed by atoms with Gasteiger partial charge in [-0.15, -0.1) is 0 Å². The average Bonchev–Trinajstić information content (AvgIpc) is 3.04. The Morgan fingerprint density at radius 1 is 1.04 bits per heavy atom. The summed E-state index contributed by atoms with van der Waals surface area (Å²) in [5.74, 6) is 0.833. The van der Waals surface area contributed by atoms with E-state index >= 15 is 0 Å². The average molecular weight is 361 g/mol. The minimum absolute atomic E-state index is 0.257. The van der Waals surface area contributed by atoms with Crippen LogP contribution >= 0.6 is 0 Å². The second-order valence-corrected chi connectivity index (χ2v) is 8.13. The first-order chi connectivity index (χ1) is 13.2. The Morgan fingerprint density at radius 3 is 2.74 bits per heavy atom. The summed E-state index contributed by atoms with van der Waals surface area (Å²) in [5, 5.41) is 0. The number of likely N-dealkylation sites (N-methyl/N-ethyl adjacent to an activating group) is 1. The molecule has 3 aliphatic heterocycles. The van der Waals surface area contributed by atoms with Crippen LogP contribution in [0.2, 0.25) is 0 Å². The van der Waals surface area contributed by atoms with Gasteiger partial charge in [0.15, 0.2) is 5.78 Å². The van der Waals surface area contributed by atoms with Crippen molar-refractivity contribution in [3.63, 3.8) is 0 Å². The van der Waals surface area contributed by atoms with E-state index in [1.165, 1.54) is 23.4 Å². The topological polar surface area (TPSA) is 26.8 Å². The van der Waals surface area contributed by atoms with Crippen LogP contribution in [0.4, 0.5) is 11.4 Å². The highest BCUT2D eigenvalue weighted by Crippen LogP contribution is 2.50. The van der Waals surface area contributed by atoms with Gasteiger partial charge in [-0.05, 0) is 18.1 Å². The molecule has 1 saturated heterocycles. The molecule has 0 radical (unpaired) electrons. The van der Waals surface area contributed by atoms with E-state index in [1.54, 1.807) is 0 Å². The molecule has 0 aromatic heterocycles. The molecule has 2 aromatic rings. The SMILES string of the molecule is CN1CCN2c3c(cccc31)C1CN(CCC(=O)c3ccccc3)CCC12. The van der Waals surface area contributed by atoms with Crippen molar-refractivity contribution in [1.29, 1.82) is 0 Å². The van der Waals surface area contributed by atoms with Crippen molar-refractivity contribution < 1.29 is 4.79 Å². The molecule has 0 bridgehead atoms. The second-order valence-electron chi connectivity index (χ2n) is 8.13. The number of carbonyl (C=O) groups excluding carboxylic acids is 1. The van der Waals surface area contributed by atoms with Gasteiger partial charge in [0, 0.05) is 63.7 Å². The van der Waals surface area contributed by atoms with Crippen molar-refractivity contribution in [2.45, 2.75) is 24.8 Å². The number of ketones is 1. The Bertz CT molecular complexity index is 850. The zero-order valence-corrected chi connectivity index (χ0v) is 16.0. The lowest BCUT2D eigenvalue weighted by molar-refractivity contribution is 0.0952. The number of piperidine rings is 1. The first kappa shape index (κ1) is 16.8. The van der Waals surface area contributed by atoms with Crippen molar-refractivity contribution in [3.8, 4) is 0 Å². The number of nitrogens with zero attached hydrogens (tertiary/aromatic N) is 3. The van der Waals surface area contributed by atoms with E-state index < -0.39 is 0 Å². The van der Waals surface area contributed by atoms with E-state index in [0.29, 0.717) is 18.4 Å². The van der Waals surface area contributed by atoms with E-state index in [-0.39, 0.29) is 5.78 Å². The number of likely N-dealkylation sites (tertiary alicyclic amines) is 1. The molecule has 5 rings (SSSR count). The maximum Gasteiger partial charge on any atom is 0.164 e. The van der Waals surface area contributed by atoms with Gasteiger partial charge < -0.3 is 14.7 Å². The van der Waals surface area contributed by atoms with Crippen molar-refractivity contribution in [3.05, 3.63) is 59.7 Å². The number of hydrogen-bond acceptors (Lipinski definition) is 4. The number of para-hydroxylation sites is 1. The Kier molecular flexibility index (Phi) is 4.16. The van der Waals surface area contributed by atoms with Crippen LogP contribution in [0.3, 0.4) is 0 Å². The number of fused-ring (bicyclic) bond motifs is 3. The van der Waals surface area contributed by atoms with E-state index in [9.17, 15) is 4.79 Å². The lowest BCUT2D eigenvalue weighted by Gasteiger charge is -2.41. The molecule has 2 unspecified atom stereocenters. The summed E-state index contributed by atoms with van der Waals surface area (Å²) < 4.78 is 0. The smallest absolute Gasteiger partial charge is 0.164 e. The molecule has 0 N–H and O–H groups in total. The quantitative estimate of drug-likeness (QED) is 0.780. The molecule has 140 valence electrons. The van der Waals surface area contributed by atoms with Crippen LogP contribution in [0, 0.1) is 0 Å². The van der Waals surface area contributed by atoms with Gasteiger partial charge in [-0.25, -0.2) is 0 Å². The van der Waals surface area contributed by atoms with Gasteiger partial charge in [-0.2, -0.15) is 0 Å². The number of carbonyl (C=O) groups is 1. The van der Waals surface area contributed by atoms with E-state index in [4.69, 9.17) is 0 Å². The van der Waals surface area contributed by atoms with Crippen LogP contribution in [-0.4, -0.2) is 56.5 Å². The number of rotatable bonds is 4. The Morgan fingerprint density at radius 2 is 1.89 bits per heavy atom. The molecular formula is C23H27N3O. The van der Waals surface area contributed by atoms with Gasteiger partial charge in [-0.1, -0.05) is 42.5 Å². The number of benzene rings is 2. The van der Waals surface area contributed by atoms with E-state index in [1.807, 2.05) is 30.3 Å². The van der Waals surface area contributed by atoms with Gasteiger partial charge >= 0.3 is 0 Å². The molecule has 1 fully saturated rings. The number of hydrogen-bond donors (Lipinski definition) is 0. The molecule has 3 heterocycles. The van der Waals surface area contributed by atoms with Crippen LogP contribution in [0.5, 0.6) is 0 Å². The highest BCUT2D eigenvalue weighted by atomic mass is 16.1. The summed E-state index contributed by atoms with van der Waals surface area (Å²) in [6.07, 6.45) is 1.81. The van der Waals surface area contributed by atoms with Gasteiger partial charge in [-0.3, -0.25) is 4.79 Å². The van der Waals surface area contributed by atoms with Gasteiger partial charge in [0.25, 0.3) is 0 Å². The van der Waals surface area contributed by atoms with Crippen LogP contribution in [0.1, 0.15) is 34.7 Å². The highest BCUT2D eigenvalue weighted by Gasteiger charge is 2.44. The fourth-order valence-electron chi connectivity index (χ4n) is 5.21. The lowest BCUT2D eigenvalue weighted by atomic mass is 9.89. The molecule has 27 heavy (non-hydrogen) atoms. The van der Waals surface area contributed by atoms with Crippen LogP contribution in [0.15, 0.2) is 48.5 Å². The normalized spacial score (nSPS) is 23.9. The predicted octanol–water partition coefficient (Wildman–Crippen LogP) is 3.39. The zero-order chi connectivity index (χ0) is 18.4. The monoisotopic (exact) mass is 361 g/mol. The van der Waals surface area contributed by atoms with Gasteiger partial charge in [0.2, 0.25) is 0 Å². The summed E-state index contributed by atoms with van der Waals surface area (Å²) in [4.78, 5) is 20.0. The minimum atomic E-state index is 0.257. The first-order valence-electron chi connectivity index (χ1n) is 10.1. The summed E-state index contributed by atoms with van der Waals surface area (Å²) >= 11 is 0. The summed E-state index contributed by atoms with van der Waals surface area (Å²) in [7, 11) is 2.20. The maximum absolute atomic E-state index is 12.5. The summed E-state index contributed by atoms with van der Waals surface area (Å²) in [6, 6.07) is 17.1. The van der Waals surface area contributed by atoms with Crippen LogP contribution < -0.4 is 9.80 Å². The Hall–Kier alpha value is -2.33. The van der Waals surface area contributed by atoms with E-state index in [2.05, 4.69) is 39.9 Å². The molecule has 0 spiro atoms. The molecule has 4 nitrogen and oxygen atoms in total. The van der Waals surface area contributed by atoms with Crippen molar-refractivity contribution in [2.24, 2.45) is 0 Å². The van der Waals surface area contributed by atoms with Crippen molar-refractivity contribution in [2.75, 3.05) is 49.6 Å². The molecule has 3 aliphatic rings. The second kappa shape index (κ2) is 6.68. The van der Waals surface area contributed by atoms with Crippen molar-refractivity contribution in [1.82, 2.24) is 4.90 Å². The molecular weight excluding hydrogens is 334 g/mol. The maximum atomic E-state index is 12.5. The van der Waals surface area contributed by atoms with Gasteiger partial charge in [0.05, 0.1) is 11.4 Å². The molecule has 4 heteroatoms. The highest BCUT2D eigenvalue weighted by molar-refractivity contribution is 5.96. The zero-order valence-electron chi connectivity index (χ0n) is 16.0. The summed E-state index contributed by atoms with van der Waals surface area (Å²) in [6.45, 7) is 5.28. The lowest BCUT2D eigenvalue weighted by Crippen LogP contribution is -2.49. The first-order valence-corrected chi connectivity index (χ1v) is 10.1. The molecule has 0 saturated carbocycles. The third kappa shape index (κ3) is 2.83. The molecule has 0 aliphatic carbocycles. The number of anilines is 2. The fraction of sp³-hybridized carbons (Fsp3) is 0.435. The summed E-state index contributed by atoms with van der Waals surface area (Å²) in [5.41, 5.74) is 5.22. The third-order valence-corrected chi connectivity index (χ3v) is 6.63. The predicted molar refractivity (Wildman–Crippen MR) is 110 cm³/mol. The van der Waals surface area contributed by atoms with Crippen molar-refractivity contribution >= 4 is 17.2 Å². The fourth-order valence-corrected chi connectivity index (χ4v) is 5.21. The third-order valence-electron chi connectivity index (χ3n) is 6.63. The standard InChI is InChI=1S/C23H27N3O/c1-24-14-15-26-20-10-12-25(13-11-22(27)17-6-3-2-4-7-17)16-19(20)18-8-5-9-21(24)23(18)26/h2-9,19-20H,10-16H2,1H3. The van der Waals surface area contributed by atoms with Gasteiger partial charge in [0.1, 0.15) is 0 Å². The minimum Gasteiger partial charge on any atom is -0.371 e. The van der Waals surface area contributed by atoms with Crippen LogP contribution in [0.25, 0.3) is 0 Å². The Labute approximate surface area is 161 Å². The molecule has 0 amide bonds. The Balaban J connectivity index is 1.30. The molecule has 2 atom stereocenters. The largest absolute Gasteiger partial charge is 0.371 e. The number of Topliss-reactive ketones (excluding diaryl/α,β-unsaturated/α-hetero) is 1. The van der Waals surface area contributed by atoms with E-state index in [0.717, 1.165) is 38.3 Å². The molecule has 2 aromatic carbocycles.